The van der Waals surface area contributed by atoms with Crippen molar-refractivity contribution in [3.8, 4) is 0 Å². The van der Waals surface area contributed by atoms with E-state index in [4.69, 9.17) is 12.2 Å². The van der Waals surface area contributed by atoms with Crippen molar-refractivity contribution in [2.24, 2.45) is 0 Å². The van der Waals surface area contributed by atoms with Gasteiger partial charge in [-0.05, 0) is 19.9 Å². The number of thiocarbonyl (C=S) groups is 1. The molecule has 1 heterocycles. The van der Waals surface area contributed by atoms with Gasteiger partial charge in [-0.2, -0.15) is 0 Å². The summed E-state index contributed by atoms with van der Waals surface area (Å²) in [7, 11) is 0. The zero-order valence-electron chi connectivity index (χ0n) is 15.1. The summed E-state index contributed by atoms with van der Waals surface area (Å²) in [4.78, 5) is 29.1. The first-order valence-electron chi connectivity index (χ1n) is 8.65. The van der Waals surface area contributed by atoms with E-state index in [1.807, 2.05) is 23.6 Å². The van der Waals surface area contributed by atoms with Crippen molar-refractivity contribution >= 4 is 45.6 Å². The molecule has 0 spiro atoms. The fourth-order valence-corrected chi connectivity index (χ4v) is 4.18. The van der Waals surface area contributed by atoms with Crippen LogP contribution in [0.15, 0.2) is 24.3 Å². The number of para-hydroxylation sites is 2. The van der Waals surface area contributed by atoms with Crippen LogP contribution >= 0.6 is 24.0 Å². The fraction of sp³-hybridized carbons (Fsp3) is 0.529. The maximum absolute atomic E-state index is 12.4. The van der Waals surface area contributed by atoms with Gasteiger partial charge in [0, 0.05) is 45.3 Å². The van der Waals surface area contributed by atoms with Crippen molar-refractivity contribution in [2.75, 3.05) is 49.9 Å². The molecule has 0 bridgehead atoms. The number of nitrogens with zero attached hydrogens (tertiary/aromatic N) is 4. The summed E-state index contributed by atoms with van der Waals surface area (Å²) >= 11 is 6.76. The number of nitro benzene ring substituents is 1. The molecule has 1 aliphatic rings. The second-order valence-corrected chi connectivity index (χ2v) is 7.45. The number of thioether (sulfide) groups is 1. The number of carbonyl (C=O) groups excluding carboxylic acids is 1. The summed E-state index contributed by atoms with van der Waals surface area (Å²) in [5.74, 6) is 0.396. The van der Waals surface area contributed by atoms with Crippen molar-refractivity contribution in [2.45, 2.75) is 13.8 Å². The SMILES string of the molecule is CCN(CC)C(=S)SCC(=O)N1CCN(c2ccccc2[N+](=O)[O-])CC1. The summed E-state index contributed by atoms with van der Waals surface area (Å²) in [6.45, 7) is 8.05. The highest BCUT2D eigenvalue weighted by Gasteiger charge is 2.25. The molecule has 0 aromatic heterocycles. The molecule has 26 heavy (non-hydrogen) atoms. The van der Waals surface area contributed by atoms with Gasteiger partial charge < -0.3 is 14.7 Å². The summed E-state index contributed by atoms with van der Waals surface area (Å²) in [5.41, 5.74) is 0.717. The third kappa shape index (κ3) is 5.07. The molecule has 0 saturated carbocycles. The number of hydrogen-bond acceptors (Lipinski definition) is 6. The van der Waals surface area contributed by atoms with Gasteiger partial charge >= 0.3 is 0 Å². The smallest absolute Gasteiger partial charge is 0.292 e. The Hall–Kier alpha value is -1.87. The molecule has 2 rings (SSSR count). The Kier molecular flexibility index (Phi) is 7.65. The first-order chi connectivity index (χ1) is 12.5. The van der Waals surface area contributed by atoms with E-state index >= 15 is 0 Å². The normalized spacial score (nSPS) is 14.2. The van der Waals surface area contributed by atoms with E-state index in [0.29, 0.717) is 37.6 Å². The Labute approximate surface area is 163 Å². The molecule has 0 atom stereocenters. The third-order valence-corrected chi connectivity index (χ3v) is 5.90. The van der Waals surface area contributed by atoms with E-state index in [1.165, 1.54) is 17.8 Å². The Morgan fingerprint density at radius 3 is 2.42 bits per heavy atom. The number of piperazine rings is 1. The monoisotopic (exact) mass is 396 g/mol. The van der Waals surface area contributed by atoms with Gasteiger partial charge in [-0.3, -0.25) is 14.9 Å². The molecule has 1 amide bonds. The summed E-state index contributed by atoms with van der Waals surface area (Å²) in [6, 6.07) is 6.73. The van der Waals surface area contributed by atoms with E-state index in [-0.39, 0.29) is 16.5 Å². The molecule has 1 saturated heterocycles. The van der Waals surface area contributed by atoms with Crippen LogP contribution in [0.3, 0.4) is 0 Å². The molecular formula is C17H24N4O3S2. The topological polar surface area (TPSA) is 69.9 Å². The molecule has 7 nitrogen and oxygen atoms in total. The lowest BCUT2D eigenvalue weighted by atomic mass is 10.2. The number of amides is 1. The third-order valence-electron chi connectivity index (χ3n) is 4.39. The number of nitro groups is 1. The van der Waals surface area contributed by atoms with Gasteiger partial charge in [0.2, 0.25) is 5.91 Å². The van der Waals surface area contributed by atoms with E-state index in [1.54, 1.807) is 18.2 Å². The molecule has 0 aliphatic carbocycles. The number of benzene rings is 1. The van der Waals surface area contributed by atoms with Crippen molar-refractivity contribution in [1.82, 2.24) is 9.80 Å². The minimum atomic E-state index is -0.363. The lowest BCUT2D eigenvalue weighted by Gasteiger charge is -2.35. The maximum Gasteiger partial charge on any atom is 0.292 e. The van der Waals surface area contributed by atoms with Crippen molar-refractivity contribution in [3.63, 3.8) is 0 Å². The average molecular weight is 397 g/mol. The Balaban J connectivity index is 1.87. The quantitative estimate of drug-likeness (QED) is 0.416. The number of hydrogen-bond donors (Lipinski definition) is 0. The van der Waals surface area contributed by atoms with Crippen LogP contribution in [0, 0.1) is 10.1 Å². The van der Waals surface area contributed by atoms with Crippen LogP contribution in [0.2, 0.25) is 0 Å². The van der Waals surface area contributed by atoms with Gasteiger partial charge in [-0.25, -0.2) is 0 Å². The van der Waals surface area contributed by atoms with Gasteiger partial charge in [0.1, 0.15) is 10.0 Å². The predicted octanol–water partition coefficient (Wildman–Crippen LogP) is 2.60. The predicted molar refractivity (Wildman–Crippen MR) is 110 cm³/mol. The van der Waals surface area contributed by atoms with Gasteiger partial charge in [-0.15, -0.1) is 0 Å². The van der Waals surface area contributed by atoms with Crippen molar-refractivity contribution in [3.05, 3.63) is 34.4 Å². The first kappa shape index (κ1) is 20.4. The maximum atomic E-state index is 12.4. The standard InChI is InChI=1S/C17H24N4O3S2/c1-3-18(4-2)17(25)26-13-16(22)20-11-9-19(10-12-20)14-7-5-6-8-15(14)21(23)24/h5-8H,3-4,9-13H2,1-2H3. The fourth-order valence-electron chi connectivity index (χ4n) is 2.87. The van der Waals surface area contributed by atoms with E-state index < -0.39 is 0 Å². The summed E-state index contributed by atoms with van der Waals surface area (Å²) < 4.78 is 0.752. The first-order valence-corrected chi connectivity index (χ1v) is 10.0. The van der Waals surface area contributed by atoms with Crippen LogP contribution in [0.25, 0.3) is 0 Å². The van der Waals surface area contributed by atoms with Gasteiger partial charge in [0.25, 0.3) is 5.69 Å². The van der Waals surface area contributed by atoms with Crippen LogP contribution in [0.5, 0.6) is 0 Å². The Bertz CT molecular complexity index is 659. The summed E-state index contributed by atoms with van der Waals surface area (Å²) in [6.07, 6.45) is 0. The molecule has 1 fully saturated rings. The molecule has 1 aromatic rings. The van der Waals surface area contributed by atoms with Crippen LogP contribution in [0.1, 0.15) is 13.8 Å². The van der Waals surface area contributed by atoms with Crippen molar-refractivity contribution in [1.29, 1.82) is 0 Å². The van der Waals surface area contributed by atoms with Crippen molar-refractivity contribution < 1.29 is 9.72 Å². The highest BCUT2D eigenvalue weighted by molar-refractivity contribution is 8.23. The minimum Gasteiger partial charge on any atom is -0.362 e. The molecule has 142 valence electrons. The molecule has 9 heteroatoms. The zero-order valence-corrected chi connectivity index (χ0v) is 16.7. The summed E-state index contributed by atoms with van der Waals surface area (Å²) in [5, 5.41) is 11.2. The Morgan fingerprint density at radius 2 is 1.85 bits per heavy atom. The number of carbonyl (C=O) groups is 1. The molecule has 1 aliphatic heterocycles. The zero-order chi connectivity index (χ0) is 19.1. The van der Waals surface area contributed by atoms with Gasteiger partial charge in [0.05, 0.1) is 10.7 Å². The van der Waals surface area contributed by atoms with Gasteiger partial charge in [-0.1, -0.05) is 36.1 Å². The minimum absolute atomic E-state index is 0.0618. The molecule has 0 radical (unpaired) electrons. The van der Waals surface area contributed by atoms with E-state index in [2.05, 4.69) is 4.90 Å². The van der Waals surface area contributed by atoms with Crippen LogP contribution in [0.4, 0.5) is 11.4 Å². The van der Waals surface area contributed by atoms with Gasteiger partial charge in [0.15, 0.2) is 0 Å². The molecular weight excluding hydrogens is 372 g/mol. The second kappa shape index (κ2) is 9.72. The molecule has 1 aromatic carbocycles. The molecule has 0 unspecified atom stereocenters. The molecule has 0 N–H and O–H groups in total. The largest absolute Gasteiger partial charge is 0.362 e. The highest BCUT2D eigenvalue weighted by atomic mass is 32.2. The van der Waals surface area contributed by atoms with Crippen LogP contribution in [-0.2, 0) is 4.79 Å². The Morgan fingerprint density at radius 1 is 1.23 bits per heavy atom. The van der Waals surface area contributed by atoms with Crippen LogP contribution in [-0.4, -0.2) is 70.0 Å². The number of anilines is 1. The van der Waals surface area contributed by atoms with Crippen LogP contribution < -0.4 is 4.90 Å². The second-order valence-electron chi connectivity index (χ2n) is 5.84. The lowest BCUT2D eigenvalue weighted by Crippen LogP contribution is -2.49. The highest BCUT2D eigenvalue weighted by Crippen LogP contribution is 2.28. The lowest BCUT2D eigenvalue weighted by molar-refractivity contribution is -0.384. The van der Waals surface area contributed by atoms with E-state index in [0.717, 1.165) is 17.4 Å². The van der Waals surface area contributed by atoms with E-state index in [9.17, 15) is 14.9 Å². The average Bonchev–Trinajstić information content (AvgIpc) is 2.67. The number of rotatable bonds is 6.